The molecule has 0 bridgehead atoms. The average Bonchev–Trinajstić information content (AvgIpc) is 3.10. The normalized spacial score (nSPS) is 27.0. The molecule has 1 amide bonds. The van der Waals surface area contributed by atoms with Gasteiger partial charge in [0, 0.05) is 18.5 Å². The van der Waals surface area contributed by atoms with E-state index < -0.39 is 0 Å². The van der Waals surface area contributed by atoms with Crippen molar-refractivity contribution >= 4 is 18.3 Å². The highest BCUT2D eigenvalue weighted by Gasteiger charge is 2.59. The summed E-state index contributed by atoms with van der Waals surface area (Å²) in [7, 11) is 1.72. The SMILES string of the molecule is COc1ccccc1CC1CCCN1C(=O)C1CC12CCNCC2.Cl. The van der Waals surface area contributed by atoms with E-state index >= 15 is 0 Å². The van der Waals surface area contributed by atoms with Gasteiger partial charge in [0.05, 0.1) is 7.11 Å². The van der Waals surface area contributed by atoms with Crippen LogP contribution in [0.15, 0.2) is 24.3 Å². The van der Waals surface area contributed by atoms with Crippen LogP contribution in [-0.4, -0.2) is 43.6 Å². The Labute approximate surface area is 156 Å². The summed E-state index contributed by atoms with van der Waals surface area (Å²) in [5.41, 5.74) is 1.55. The number of hydrogen-bond acceptors (Lipinski definition) is 3. The van der Waals surface area contributed by atoms with E-state index in [1.54, 1.807) is 7.11 Å². The molecule has 138 valence electrons. The molecular weight excluding hydrogens is 336 g/mol. The number of carbonyl (C=O) groups excluding carboxylic acids is 1. The van der Waals surface area contributed by atoms with E-state index in [1.165, 1.54) is 18.4 Å². The van der Waals surface area contributed by atoms with Crippen LogP contribution in [-0.2, 0) is 11.2 Å². The lowest BCUT2D eigenvalue weighted by atomic mass is 9.91. The summed E-state index contributed by atoms with van der Waals surface area (Å²) < 4.78 is 5.49. The van der Waals surface area contributed by atoms with Gasteiger partial charge < -0.3 is 15.0 Å². The number of likely N-dealkylation sites (tertiary alicyclic amines) is 1. The highest BCUT2D eigenvalue weighted by Crippen LogP contribution is 2.59. The number of hydrogen-bond donors (Lipinski definition) is 1. The molecule has 2 aliphatic heterocycles. The summed E-state index contributed by atoms with van der Waals surface area (Å²) in [6.07, 6.45) is 6.63. The van der Waals surface area contributed by atoms with Gasteiger partial charge in [-0.25, -0.2) is 0 Å². The molecule has 0 aromatic heterocycles. The lowest BCUT2D eigenvalue weighted by Crippen LogP contribution is -2.40. The molecule has 1 saturated carbocycles. The molecule has 1 spiro atoms. The number of benzene rings is 1. The van der Waals surface area contributed by atoms with E-state index in [0.717, 1.165) is 51.1 Å². The molecule has 2 unspecified atom stereocenters. The molecule has 1 aliphatic carbocycles. The topological polar surface area (TPSA) is 41.6 Å². The number of rotatable bonds is 4. The predicted octanol–water partition coefficient (Wildman–Crippen LogP) is 3.04. The van der Waals surface area contributed by atoms with Crippen LogP contribution in [0.3, 0.4) is 0 Å². The van der Waals surface area contributed by atoms with Crippen LogP contribution in [0.25, 0.3) is 0 Å². The van der Waals surface area contributed by atoms with Crippen molar-refractivity contribution in [2.24, 2.45) is 11.3 Å². The molecule has 5 heteroatoms. The zero-order valence-corrected chi connectivity index (χ0v) is 15.8. The first-order valence-corrected chi connectivity index (χ1v) is 9.37. The van der Waals surface area contributed by atoms with Crippen molar-refractivity contribution in [3.05, 3.63) is 29.8 Å². The van der Waals surface area contributed by atoms with E-state index in [1.807, 2.05) is 12.1 Å². The van der Waals surface area contributed by atoms with E-state index in [2.05, 4.69) is 22.3 Å². The number of carbonyl (C=O) groups is 1. The van der Waals surface area contributed by atoms with Gasteiger partial charge >= 0.3 is 0 Å². The van der Waals surface area contributed by atoms with Crippen LogP contribution in [0.1, 0.15) is 37.7 Å². The fourth-order valence-electron chi connectivity index (χ4n) is 4.84. The summed E-state index contributed by atoms with van der Waals surface area (Å²) in [4.78, 5) is 15.3. The number of amides is 1. The number of methoxy groups -OCH3 is 1. The number of ether oxygens (including phenoxy) is 1. The Hall–Kier alpha value is -1.26. The highest BCUT2D eigenvalue weighted by atomic mass is 35.5. The summed E-state index contributed by atoms with van der Waals surface area (Å²) in [6.45, 7) is 3.09. The Morgan fingerprint density at radius 3 is 2.84 bits per heavy atom. The maximum absolute atomic E-state index is 13.1. The van der Waals surface area contributed by atoms with Crippen molar-refractivity contribution in [1.29, 1.82) is 0 Å². The Kier molecular flexibility index (Phi) is 5.59. The van der Waals surface area contributed by atoms with Gasteiger partial charge in [-0.05, 0) is 68.7 Å². The molecule has 1 aromatic carbocycles. The minimum atomic E-state index is 0. The van der Waals surface area contributed by atoms with Crippen molar-refractivity contribution in [1.82, 2.24) is 10.2 Å². The number of nitrogens with zero attached hydrogens (tertiary/aromatic N) is 1. The van der Waals surface area contributed by atoms with Crippen LogP contribution in [0.2, 0.25) is 0 Å². The molecular formula is C20H29ClN2O2. The maximum atomic E-state index is 13.1. The average molecular weight is 365 g/mol. The van der Waals surface area contributed by atoms with E-state index in [0.29, 0.717) is 17.4 Å². The molecule has 2 atom stereocenters. The Morgan fingerprint density at radius 1 is 1.32 bits per heavy atom. The fraction of sp³-hybridized carbons (Fsp3) is 0.650. The standard InChI is InChI=1S/C20H28N2O2.ClH/c1-24-18-7-3-2-5-15(18)13-16-6-4-12-22(16)19(23)17-14-20(17)8-10-21-11-9-20;/h2-3,5,7,16-17,21H,4,6,8-14H2,1H3;1H. The van der Waals surface area contributed by atoms with Crippen LogP contribution in [0.5, 0.6) is 5.75 Å². The van der Waals surface area contributed by atoms with Crippen molar-refractivity contribution in [2.75, 3.05) is 26.7 Å². The number of halogens is 1. The zero-order chi connectivity index (χ0) is 16.6. The first-order chi connectivity index (χ1) is 11.7. The first kappa shape index (κ1) is 18.5. The van der Waals surface area contributed by atoms with Crippen molar-refractivity contribution < 1.29 is 9.53 Å². The summed E-state index contributed by atoms with van der Waals surface area (Å²) in [6, 6.07) is 8.55. The molecule has 2 saturated heterocycles. The maximum Gasteiger partial charge on any atom is 0.226 e. The molecule has 0 radical (unpaired) electrons. The van der Waals surface area contributed by atoms with Gasteiger partial charge in [0.15, 0.2) is 0 Å². The summed E-state index contributed by atoms with van der Waals surface area (Å²) in [5, 5.41) is 3.42. The number of piperidine rings is 1. The van der Waals surface area contributed by atoms with E-state index in [-0.39, 0.29) is 18.3 Å². The second-order valence-corrected chi connectivity index (χ2v) is 7.71. The third-order valence-corrected chi connectivity index (χ3v) is 6.40. The third kappa shape index (κ3) is 3.52. The van der Waals surface area contributed by atoms with Gasteiger partial charge in [0.2, 0.25) is 5.91 Å². The van der Waals surface area contributed by atoms with Crippen molar-refractivity contribution in [3.8, 4) is 5.75 Å². The number of para-hydroxylation sites is 1. The largest absolute Gasteiger partial charge is 0.496 e. The molecule has 1 N–H and O–H groups in total. The Balaban J connectivity index is 0.00000182. The third-order valence-electron chi connectivity index (χ3n) is 6.40. The Morgan fingerprint density at radius 2 is 2.08 bits per heavy atom. The quantitative estimate of drug-likeness (QED) is 0.892. The zero-order valence-electron chi connectivity index (χ0n) is 15.0. The lowest BCUT2D eigenvalue weighted by molar-refractivity contribution is -0.134. The van der Waals surface area contributed by atoms with E-state index in [9.17, 15) is 4.79 Å². The molecule has 4 nitrogen and oxygen atoms in total. The smallest absolute Gasteiger partial charge is 0.226 e. The summed E-state index contributed by atoms with van der Waals surface area (Å²) >= 11 is 0. The van der Waals surface area contributed by atoms with Crippen LogP contribution < -0.4 is 10.1 Å². The number of nitrogens with one attached hydrogen (secondary N) is 1. The van der Waals surface area contributed by atoms with Gasteiger partial charge in [0.25, 0.3) is 0 Å². The summed E-state index contributed by atoms with van der Waals surface area (Å²) in [5.74, 6) is 1.66. The molecule has 2 heterocycles. The molecule has 3 fully saturated rings. The van der Waals surface area contributed by atoms with Crippen LogP contribution >= 0.6 is 12.4 Å². The minimum Gasteiger partial charge on any atom is -0.496 e. The van der Waals surface area contributed by atoms with Gasteiger partial charge in [0.1, 0.15) is 5.75 Å². The molecule has 3 aliphatic rings. The van der Waals surface area contributed by atoms with E-state index in [4.69, 9.17) is 4.74 Å². The lowest BCUT2D eigenvalue weighted by Gasteiger charge is -2.28. The minimum absolute atomic E-state index is 0. The van der Waals surface area contributed by atoms with Gasteiger partial charge in [-0.2, -0.15) is 0 Å². The van der Waals surface area contributed by atoms with Gasteiger partial charge in [-0.15, -0.1) is 12.4 Å². The molecule has 1 aromatic rings. The second-order valence-electron chi connectivity index (χ2n) is 7.71. The first-order valence-electron chi connectivity index (χ1n) is 9.37. The second kappa shape index (κ2) is 7.55. The van der Waals surface area contributed by atoms with Crippen molar-refractivity contribution in [2.45, 2.75) is 44.6 Å². The molecule has 4 rings (SSSR count). The van der Waals surface area contributed by atoms with Crippen LogP contribution in [0, 0.1) is 11.3 Å². The van der Waals surface area contributed by atoms with Crippen LogP contribution in [0.4, 0.5) is 0 Å². The Bertz CT molecular complexity index is 615. The van der Waals surface area contributed by atoms with Gasteiger partial charge in [-0.1, -0.05) is 18.2 Å². The molecule has 25 heavy (non-hydrogen) atoms. The predicted molar refractivity (Wildman–Crippen MR) is 101 cm³/mol. The van der Waals surface area contributed by atoms with Gasteiger partial charge in [-0.3, -0.25) is 4.79 Å². The monoisotopic (exact) mass is 364 g/mol. The fourth-order valence-corrected chi connectivity index (χ4v) is 4.84. The highest BCUT2D eigenvalue weighted by molar-refractivity contribution is 5.85. The van der Waals surface area contributed by atoms with Crippen molar-refractivity contribution in [3.63, 3.8) is 0 Å².